The Hall–Kier alpha value is -2.14. The van der Waals surface area contributed by atoms with E-state index in [1.54, 1.807) is 0 Å². The molecule has 1 N–H and O–H groups in total. The van der Waals surface area contributed by atoms with Crippen LogP contribution in [-0.2, 0) is 22.4 Å². The predicted octanol–water partition coefficient (Wildman–Crippen LogP) is 2.48. The van der Waals surface area contributed by atoms with Crippen molar-refractivity contribution in [2.45, 2.75) is 38.2 Å². The molecule has 0 spiro atoms. The summed E-state index contributed by atoms with van der Waals surface area (Å²) >= 11 is 0. The minimum atomic E-state index is -0.323. The quantitative estimate of drug-likeness (QED) is 0.947. The molecule has 0 bridgehead atoms. The van der Waals surface area contributed by atoms with Gasteiger partial charge in [-0.3, -0.25) is 4.79 Å². The lowest BCUT2D eigenvalue weighted by Gasteiger charge is -2.13. The molecule has 1 unspecified atom stereocenters. The van der Waals surface area contributed by atoms with E-state index in [-0.39, 0.29) is 12.0 Å². The van der Waals surface area contributed by atoms with Crippen LogP contribution in [0.5, 0.6) is 0 Å². The molecular formula is C17H19N3O2. The summed E-state index contributed by atoms with van der Waals surface area (Å²) in [7, 11) is 0. The van der Waals surface area contributed by atoms with Crippen LogP contribution in [0.1, 0.15) is 30.5 Å². The average molecular weight is 297 g/mol. The zero-order valence-electron chi connectivity index (χ0n) is 12.4. The van der Waals surface area contributed by atoms with E-state index in [1.165, 1.54) is 5.56 Å². The van der Waals surface area contributed by atoms with Crippen LogP contribution >= 0.6 is 0 Å². The lowest BCUT2D eigenvalue weighted by atomic mass is 10.2. The van der Waals surface area contributed by atoms with E-state index in [1.807, 2.05) is 35.0 Å². The van der Waals surface area contributed by atoms with E-state index in [0.717, 1.165) is 49.3 Å². The largest absolute Gasteiger partial charge is 0.368 e. The van der Waals surface area contributed by atoms with Crippen molar-refractivity contribution in [3.8, 4) is 5.69 Å². The van der Waals surface area contributed by atoms with Gasteiger partial charge in [0.15, 0.2) is 0 Å². The van der Waals surface area contributed by atoms with E-state index in [0.29, 0.717) is 6.61 Å². The summed E-state index contributed by atoms with van der Waals surface area (Å²) in [6.07, 6.45) is 4.50. The maximum absolute atomic E-state index is 12.4. The number of para-hydroxylation sites is 1. The molecule has 5 heteroatoms. The number of hydrogen-bond donors (Lipinski definition) is 1. The highest BCUT2D eigenvalue weighted by atomic mass is 16.5. The van der Waals surface area contributed by atoms with Gasteiger partial charge in [-0.2, -0.15) is 5.10 Å². The summed E-state index contributed by atoms with van der Waals surface area (Å²) in [4.78, 5) is 12.4. The number of carbonyl (C=O) groups excluding carboxylic acids is 1. The van der Waals surface area contributed by atoms with Gasteiger partial charge in [0, 0.05) is 12.2 Å². The first-order valence-corrected chi connectivity index (χ1v) is 7.91. The number of ether oxygens (including phenoxy) is 1. The molecule has 1 aliphatic carbocycles. The second-order valence-corrected chi connectivity index (χ2v) is 5.87. The van der Waals surface area contributed by atoms with Crippen LogP contribution in [0.2, 0.25) is 0 Å². The van der Waals surface area contributed by atoms with Crippen molar-refractivity contribution in [3.63, 3.8) is 0 Å². The normalized spacial score (nSPS) is 20.1. The molecule has 5 nitrogen and oxygen atoms in total. The number of carbonyl (C=O) groups is 1. The van der Waals surface area contributed by atoms with Crippen LogP contribution in [-0.4, -0.2) is 28.4 Å². The number of nitrogens with zero attached hydrogens (tertiary/aromatic N) is 2. The second-order valence-electron chi connectivity index (χ2n) is 5.87. The maximum atomic E-state index is 12.4. The van der Waals surface area contributed by atoms with Crippen LogP contribution in [0.15, 0.2) is 30.3 Å². The molecule has 114 valence electrons. The first kappa shape index (κ1) is 13.5. The highest BCUT2D eigenvalue weighted by molar-refractivity contribution is 5.94. The number of rotatable bonds is 3. The number of aromatic nitrogens is 2. The lowest BCUT2D eigenvalue weighted by Crippen LogP contribution is -2.28. The Morgan fingerprint density at radius 2 is 2.09 bits per heavy atom. The molecule has 2 aliphatic rings. The molecule has 1 saturated heterocycles. The summed E-state index contributed by atoms with van der Waals surface area (Å²) < 4.78 is 7.34. The number of anilines is 1. The van der Waals surface area contributed by atoms with Gasteiger partial charge in [0.25, 0.3) is 5.91 Å². The maximum Gasteiger partial charge on any atom is 0.254 e. The summed E-state index contributed by atoms with van der Waals surface area (Å²) in [5.41, 5.74) is 3.25. The Bertz CT molecular complexity index is 687. The van der Waals surface area contributed by atoms with E-state index in [4.69, 9.17) is 9.84 Å². The summed E-state index contributed by atoms with van der Waals surface area (Å²) in [5, 5.41) is 7.77. The minimum absolute atomic E-state index is 0.0516. The van der Waals surface area contributed by atoms with Crippen molar-refractivity contribution in [2.24, 2.45) is 0 Å². The van der Waals surface area contributed by atoms with Crippen molar-refractivity contribution in [2.75, 3.05) is 11.9 Å². The molecule has 0 radical (unpaired) electrons. The summed E-state index contributed by atoms with van der Waals surface area (Å²) in [6.45, 7) is 0.675. The molecule has 1 fully saturated rings. The Morgan fingerprint density at radius 1 is 1.23 bits per heavy atom. The van der Waals surface area contributed by atoms with E-state index >= 15 is 0 Å². The van der Waals surface area contributed by atoms with Crippen molar-refractivity contribution in [3.05, 3.63) is 41.6 Å². The SMILES string of the molecule is O=C(Nc1c2c(nn1-c1ccccc1)CCC2)C1CCCO1. The molecule has 0 saturated carbocycles. The number of benzene rings is 1. The van der Waals surface area contributed by atoms with Gasteiger partial charge in [-0.25, -0.2) is 4.68 Å². The third-order valence-electron chi connectivity index (χ3n) is 4.37. The van der Waals surface area contributed by atoms with Crippen molar-refractivity contribution in [1.29, 1.82) is 0 Å². The van der Waals surface area contributed by atoms with Gasteiger partial charge < -0.3 is 10.1 Å². The van der Waals surface area contributed by atoms with Gasteiger partial charge in [-0.15, -0.1) is 0 Å². The Balaban J connectivity index is 1.69. The zero-order valence-corrected chi connectivity index (χ0v) is 12.4. The highest BCUT2D eigenvalue weighted by Crippen LogP contribution is 2.31. The molecule has 4 rings (SSSR count). The van der Waals surface area contributed by atoms with Crippen LogP contribution in [0.3, 0.4) is 0 Å². The number of nitrogens with one attached hydrogen (secondary N) is 1. The minimum Gasteiger partial charge on any atom is -0.368 e. The fourth-order valence-corrected chi connectivity index (χ4v) is 3.26. The summed E-state index contributed by atoms with van der Waals surface area (Å²) in [5.74, 6) is 0.767. The molecule has 1 aromatic heterocycles. The molecule has 22 heavy (non-hydrogen) atoms. The van der Waals surface area contributed by atoms with Crippen LogP contribution < -0.4 is 5.32 Å². The monoisotopic (exact) mass is 297 g/mol. The smallest absolute Gasteiger partial charge is 0.254 e. The second kappa shape index (κ2) is 5.57. The third-order valence-corrected chi connectivity index (χ3v) is 4.37. The van der Waals surface area contributed by atoms with E-state index in [2.05, 4.69) is 5.32 Å². The van der Waals surface area contributed by atoms with Gasteiger partial charge in [0.2, 0.25) is 0 Å². The fourth-order valence-electron chi connectivity index (χ4n) is 3.26. The van der Waals surface area contributed by atoms with E-state index in [9.17, 15) is 4.79 Å². The molecular weight excluding hydrogens is 278 g/mol. The molecule has 1 aliphatic heterocycles. The van der Waals surface area contributed by atoms with Gasteiger partial charge in [-0.05, 0) is 44.2 Å². The van der Waals surface area contributed by atoms with Crippen LogP contribution in [0, 0.1) is 0 Å². The first-order valence-electron chi connectivity index (χ1n) is 7.91. The fraction of sp³-hybridized carbons (Fsp3) is 0.412. The van der Waals surface area contributed by atoms with Gasteiger partial charge in [0.1, 0.15) is 11.9 Å². The van der Waals surface area contributed by atoms with Crippen molar-refractivity contribution in [1.82, 2.24) is 9.78 Å². The van der Waals surface area contributed by atoms with Crippen molar-refractivity contribution >= 4 is 11.7 Å². The van der Waals surface area contributed by atoms with Gasteiger partial charge in [-0.1, -0.05) is 18.2 Å². The highest BCUT2D eigenvalue weighted by Gasteiger charge is 2.28. The third kappa shape index (κ3) is 2.31. The number of aryl methyl sites for hydroxylation is 1. The van der Waals surface area contributed by atoms with Crippen molar-refractivity contribution < 1.29 is 9.53 Å². The van der Waals surface area contributed by atoms with E-state index < -0.39 is 0 Å². The van der Waals surface area contributed by atoms with Crippen LogP contribution in [0.25, 0.3) is 5.69 Å². The Kier molecular flexibility index (Phi) is 3.42. The number of hydrogen-bond acceptors (Lipinski definition) is 3. The van der Waals surface area contributed by atoms with Gasteiger partial charge >= 0.3 is 0 Å². The molecule has 1 amide bonds. The zero-order chi connectivity index (χ0) is 14.9. The first-order chi connectivity index (χ1) is 10.8. The average Bonchev–Trinajstić information content (AvgIpc) is 3.26. The van der Waals surface area contributed by atoms with Gasteiger partial charge in [0.05, 0.1) is 11.4 Å². The Labute approximate surface area is 129 Å². The van der Waals surface area contributed by atoms with Crippen LogP contribution in [0.4, 0.5) is 5.82 Å². The molecule has 2 aromatic rings. The Morgan fingerprint density at radius 3 is 2.86 bits per heavy atom. The number of fused-ring (bicyclic) bond motifs is 1. The molecule has 1 atom stereocenters. The molecule has 2 heterocycles. The number of amides is 1. The summed E-state index contributed by atoms with van der Waals surface area (Å²) in [6, 6.07) is 9.95. The lowest BCUT2D eigenvalue weighted by molar-refractivity contribution is -0.124. The standard InChI is InChI=1S/C17H19N3O2/c21-17(15-10-5-11-22-15)18-16-13-8-4-9-14(13)19-20(16)12-6-2-1-3-7-12/h1-3,6-7,15H,4-5,8-11H2,(H,18,21). The molecule has 1 aromatic carbocycles. The topological polar surface area (TPSA) is 56.2 Å². The predicted molar refractivity (Wildman–Crippen MR) is 83.2 cm³/mol.